The van der Waals surface area contributed by atoms with E-state index in [4.69, 9.17) is 5.11 Å². The van der Waals surface area contributed by atoms with Gasteiger partial charge in [-0.1, -0.05) is 0 Å². The molecule has 0 aliphatic heterocycles. The first kappa shape index (κ1) is 12.2. The van der Waals surface area contributed by atoms with Crippen molar-refractivity contribution in [3.63, 3.8) is 0 Å². The largest absolute Gasteiger partial charge is 0.480 e. The van der Waals surface area contributed by atoms with E-state index in [0.717, 1.165) is 5.56 Å². The Morgan fingerprint density at radius 3 is 2.69 bits per heavy atom. The SMILES string of the molecule is CC(C(=O)O)N(C)C(=O)Cc1cnn(C)c1. The highest BCUT2D eigenvalue weighted by molar-refractivity contribution is 5.84. The highest BCUT2D eigenvalue weighted by Crippen LogP contribution is 2.03. The summed E-state index contributed by atoms with van der Waals surface area (Å²) in [4.78, 5) is 23.6. The number of aliphatic carboxylic acids is 1. The van der Waals surface area contributed by atoms with Crippen LogP contribution < -0.4 is 0 Å². The van der Waals surface area contributed by atoms with Crippen LogP contribution in [0.4, 0.5) is 0 Å². The summed E-state index contributed by atoms with van der Waals surface area (Å²) >= 11 is 0. The number of amides is 1. The summed E-state index contributed by atoms with van der Waals surface area (Å²) < 4.78 is 1.60. The van der Waals surface area contributed by atoms with Gasteiger partial charge >= 0.3 is 5.97 Å². The van der Waals surface area contributed by atoms with Crippen molar-refractivity contribution in [1.29, 1.82) is 0 Å². The maximum Gasteiger partial charge on any atom is 0.326 e. The van der Waals surface area contributed by atoms with Gasteiger partial charge in [-0.05, 0) is 12.5 Å². The summed E-state index contributed by atoms with van der Waals surface area (Å²) in [6.45, 7) is 1.48. The second-order valence-corrected chi connectivity index (χ2v) is 3.72. The minimum atomic E-state index is -1.01. The smallest absolute Gasteiger partial charge is 0.326 e. The molecule has 1 N–H and O–H groups in total. The van der Waals surface area contributed by atoms with E-state index >= 15 is 0 Å². The first-order valence-corrected chi connectivity index (χ1v) is 4.87. The van der Waals surface area contributed by atoms with E-state index in [0.29, 0.717) is 0 Å². The zero-order valence-corrected chi connectivity index (χ0v) is 9.54. The quantitative estimate of drug-likeness (QED) is 0.776. The van der Waals surface area contributed by atoms with Crippen LogP contribution in [0.3, 0.4) is 0 Å². The number of carboxylic acids is 1. The fraction of sp³-hybridized carbons (Fsp3) is 0.500. The minimum absolute atomic E-state index is 0.169. The molecule has 88 valence electrons. The van der Waals surface area contributed by atoms with Crippen molar-refractivity contribution in [2.45, 2.75) is 19.4 Å². The molecular formula is C10H15N3O3. The van der Waals surface area contributed by atoms with Crippen molar-refractivity contribution < 1.29 is 14.7 Å². The lowest BCUT2D eigenvalue weighted by molar-refractivity contribution is -0.147. The highest BCUT2D eigenvalue weighted by atomic mass is 16.4. The molecule has 0 spiro atoms. The number of rotatable bonds is 4. The summed E-state index contributed by atoms with van der Waals surface area (Å²) in [5.41, 5.74) is 0.775. The van der Waals surface area contributed by atoms with Crippen molar-refractivity contribution in [2.75, 3.05) is 7.05 Å². The molecule has 1 heterocycles. The maximum atomic E-state index is 11.7. The Labute approximate surface area is 93.5 Å². The lowest BCUT2D eigenvalue weighted by Crippen LogP contribution is -2.40. The molecule has 0 radical (unpaired) electrons. The number of carbonyl (C=O) groups excluding carboxylic acids is 1. The Bertz CT molecular complexity index is 400. The predicted molar refractivity (Wildman–Crippen MR) is 56.8 cm³/mol. The second-order valence-electron chi connectivity index (χ2n) is 3.72. The normalized spacial score (nSPS) is 12.2. The zero-order valence-electron chi connectivity index (χ0n) is 9.54. The van der Waals surface area contributed by atoms with Gasteiger partial charge in [0.05, 0.1) is 12.6 Å². The van der Waals surface area contributed by atoms with Gasteiger partial charge in [-0.25, -0.2) is 4.79 Å². The molecular weight excluding hydrogens is 210 g/mol. The molecule has 1 rings (SSSR count). The number of hydrogen-bond donors (Lipinski definition) is 1. The number of aryl methyl sites for hydroxylation is 1. The Morgan fingerprint density at radius 2 is 2.25 bits per heavy atom. The van der Waals surface area contributed by atoms with Crippen LogP contribution in [-0.2, 0) is 23.1 Å². The van der Waals surface area contributed by atoms with Crippen LogP contribution in [0.2, 0.25) is 0 Å². The first-order chi connectivity index (χ1) is 7.41. The molecule has 6 nitrogen and oxygen atoms in total. The third-order valence-electron chi connectivity index (χ3n) is 2.45. The predicted octanol–water partition coefficient (Wildman–Crippen LogP) is -0.106. The molecule has 0 aliphatic rings. The molecule has 0 saturated heterocycles. The number of carboxylic acid groups (broad SMARTS) is 1. The van der Waals surface area contributed by atoms with Crippen LogP contribution in [0.25, 0.3) is 0 Å². The molecule has 0 bridgehead atoms. The molecule has 1 aromatic rings. The van der Waals surface area contributed by atoms with E-state index in [1.807, 2.05) is 0 Å². The number of carbonyl (C=O) groups is 2. The van der Waals surface area contributed by atoms with E-state index in [-0.39, 0.29) is 12.3 Å². The molecule has 0 saturated carbocycles. The maximum absolute atomic E-state index is 11.7. The van der Waals surface area contributed by atoms with Gasteiger partial charge in [0.15, 0.2) is 0 Å². The molecule has 1 amide bonds. The standard InChI is InChI=1S/C10H15N3O3/c1-7(10(15)16)13(3)9(14)4-8-5-11-12(2)6-8/h5-7H,4H2,1-3H3,(H,15,16). The second kappa shape index (κ2) is 4.78. The summed E-state index contributed by atoms with van der Waals surface area (Å²) in [6, 6.07) is -0.816. The van der Waals surface area contributed by atoms with Crippen molar-refractivity contribution in [1.82, 2.24) is 14.7 Å². The van der Waals surface area contributed by atoms with E-state index < -0.39 is 12.0 Å². The van der Waals surface area contributed by atoms with Crippen LogP contribution >= 0.6 is 0 Å². The van der Waals surface area contributed by atoms with Gasteiger partial charge in [0.25, 0.3) is 0 Å². The van der Waals surface area contributed by atoms with Gasteiger partial charge < -0.3 is 10.0 Å². The Kier molecular flexibility index (Phi) is 3.65. The van der Waals surface area contributed by atoms with Crippen molar-refractivity contribution in [2.24, 2.45) is 7.05 Å². The zero-order chi connectivity index (χ0) is 12.3. The van der Waals surface area contributed by atoms with Gasteiger partial charge in [-0.2, -0.15) is 5.10 Å². The van der Waals surface area contributed by atoms with E-state index in [2.05, 4.69) is 5.10 Å². The summed E-state index contributed by atoms with van der Waals surface area (Å²) in [7, 11) is 3.25. The topological polar surface area (TPSA) is 75.4 Å². The summed E-state index contributed by atoms with van der Waals surface area (Å²) in [5, 5.41) is 12.7. The average Bonchev–Trinajstić information content (AvgIpc) is 2.61. The fourth-order valence-electron chi connectivity index (χ4n) is 1.24. The monoisotopic (exact) mass is 225 g/mol. The van der Waals surface area contributed by atoms with E-state index in [1.165, 1.54) is 18.9 Å². The number of nitrogens with zero attached hydrogens (tertiary/aromatic N) is 3. The number of aromatic nitrogens is 2. The Hall–Kier alpha value is -1.85. The number of hydrogen-bond acceptors (Lipinski definition) is 3. The molecule has 6 heteroatoms. The van der Waals surface area contributed by atoms with Crippen molar-refractivity contribution in [3.8, 4) is 0 Å². The number of likely N-dealkylation sites (N-methyl/N-ethyl adjacent to an activating group) is 1. The van der Waals surface area contributed by atoms with Gasteiger partial charge in [0, 0.05) is 20.3 Å². The molecule has 1 atom stereocenters. The Balaban J connectivity index is 2.62. The van der Waals surface area contributed by atoms with Crippen molar-refractivity contribution in [3.05, 3.63) is 18.0 Å². The Morgan fingerprint density at radius 1 is 1.62 bits per heavy atom. The van der Waals surface area contributed by atoms with Gasteiger partial charge in [-0.15, -0.1) is 0 Å². The minimum Gasteiger partial charge on any atom is -0.480 e. The third kappa shape index (κ3) is 2.82. The lowest BCUT2D eigenvalue weighted by Gasteiger charge is -2.21. The average molecular weight is 225 g/mol. The van der Waals surface area contributed by atoms with Crippen LogP contribution in [0.15, 0.2) is 12.4 Å². The molecule has 1 aromatic heterocycles. The summed E-state index contributed by atoms with van der Waals surface area (Å²) in [5.74, 6) is -1.25. The van der Waals surface area contributed by atoms with Gasteiger partial charge in [0.2, 0.25) is 5.91 Å². The first-order valence-electron chi connectivity index (χ1n) is 4.87. The van der Waals surface area contributed by atoms with E-state index in [9.17, 15) is 9.59 Å². The molecule has 0 fully saturated rings. The molecule has 1 unspecified atom stereocenters. The van der Waals surface area contributed by atoms with Crippen LogP contribution in [-0.4, -0.2) is 44.8 Å². The highest BCUT2D eigenvalue weighted by Gasteiger charge is 2.21. The molecule has 0 aromatic carbocycles. The third-order valence-corrected chi connectivity index (χ3v) is 2.45. The molecule has 0 aliphatic carbocycles. The van der Waals surface area contributed by atoms with Crippen LogP contribution in [0.1, 0.15) is 12.5 Å². The van der Waals surface area contributed by atoms with E-state index in [1.54, 1.807) is 24.1 Å². The fourth-order valence-corrected chi connectivity index (χ4v) is 1.24. The summed E-state index contributed by atoms with van der Waals surface area (Å²) in [6.07, 6.45) is 3.50. The van der Waals surface area contributed by atoms with Crippen molar-refractivity contribution >= 4 is 11.9 Å². The van der Waals surface area contributed by atoms with Crippen LogP contribution in [0.5, 0.6) is 0 Å². The molecule has 16 heavy (non-hydrogen) atoms. The lowest BCUT2D eigenvalue weighted by atomic mass is 10.2. The van der Waals surface area contributed by atoms with Crippen LogP contribution in [0, 0.1) is 0 Å². The van der Waals surface area contributed by atoms with Gasteiger partial charge in [0.1, 0.15) is 6.04 Å². The van der Waals surface area contributed by atoms with Gasteiger partial charge in [-0.3, -0.25) is 9.48 Å².